The van der Waals surface area contributed by atoms with Crippen molar-refractivity contribution in [2.45, 2.75) is 74.3 Å². The molecule has 0 unspecified atom stereocenters. The maximum atomic E-state index is 12.6. The van der Waals surface area contributed by atoms with E-state index in [-0.39, 0.29) is 13.3 Å². The number of carboxylic acid groups (broad SMARTS) is 1. The van der Waals surface area contributed by atoms with E-state index in [9.17, 15) is 26.4 Å². The lowest BCUT2D eigenvalue weighted by Crippen LogP contribution is -2.28. The Balaban J connectivity index is 0.000000232. The average Bonchev–Trinajstić information content (AvgIpc) is 3.74. The fraction of sp³-hybridized carbons (Fsp3) is 0.615. The molecule has 0 radical (unpaired) electrons. The molecule has 1 amide bonds. The minimum absolute atomic E-state index is 0.0610. The molecule has 0 atom stereocenters. The number of ether oxygens (including phenoxy) is 1. The minimum atomic E-state index is -3.55. The van der Waals surface area contributed by atoms with Gasteiger partial charge in [-0.3, -0.25) is 5.32 Å². The van der Waals surface area contributed by atoms with E-state index >= 15 is 0 Å². The van der Waals surface area contributed by atoms with Crippen molar-refractivity contribution >= 4 is 59.8 Å². The van der Waals surface area contributed by atoms with Crippen LogP contribution in [-0.4, -0.2) is 75.4 Å². The van der Waals surface area contributed by atoms with Gasteiger partial charge in [-0.05, 0) is 95.4 Å². The van der Waals surface area contributed by atoms with Crippen LogP contribution in [0.15, 0.2) is 20.6 Å². The number of carbonyl (C=O) groups excluding carboxylic acids is 1. The highest BCUT2D eigenvalue weighted by Crippen LogP contribution is 2.36. The molecule has 2 aromatic heterocycles. The third-order valence-corrected chi connectivity index (χ3v) is 13.5. The molecule has 0 saturated heterocycles. The van der Waals surface area contributed by atoms with Crippen LogP contribution in [0.25, 0.3) is 0 Å². The Morgan fingerprint density at radius 3 is 1.73 bits per heavy atom. The second-order valence-corrected chi connectivity index (χ2v) is 18.1. The van der Waals surface area contributed by atoms with E-state index in [0.717, 1.165) is 48.4 Å². The van der Waals surface area contributed by atoms with Gasteiger partial charge in [0.1, 0.15) is 18.9 Å². The summed E-state index contributed by atoms with van der Waals surface area (Å²) >= 11 is 1.88. The maximum absolute atomic E-state index is 12.6. The number of nitrogens with zero attached hydrogens (tertiary/aromatic N) is 2. The topological polar surface area (TPSA) is 150 Å². The molecule has 2 N–H and O–H groups in total. The summed E-state index contributed by atoms with van der Waals surface area (Å²) in [5, 5.41) is 12.0. The Morgan fingerprint density at radius 1 is 0.902 bits per heavy atom. The number of aryl methyl sites for hydroxylation is 2. The number of carbonyl (C=O) groups is 2. The van der Waals surface area contributed by atoms with Gasteiger partial charge in [0.05, 0.1) is 5.00 Å². The van der Waals surface area contributed by atoms with Crippen LogP contribution in [0.3, 0.4) is 0 Å². The van der Waals surface area contributed by atoms with Crippen LogP contribution >= 0.6 is 22.7 Å². The number of aromatic carboxylic acids is 1. The quantitative estimate of drug-likeness (QED) is 0.356. The van der Waals surface area contributed by atoms with Crippen molar-refractivity contribution in [3.63, 3.8) is 0 Å². The Morgan fingerprint density at radius 2 is 1.34 bits per heavy atom. The van der Waals surface area contributed by atoms with Crippen LogP contribution < -0.4 is 5.32 Å². The third-order valence-electron chi connectivity index (χ3n) is 6.29. The maximum Gasteiger partial charge on any atom is 0.412 e. The normalized spacial score (nSPS) is 15.9. The first-order valence-corrected chi connectivity index (χ1v) is 17.7. The summed E-state index contributed by atoms with van der Waals surface area (Å²) in [6.45, 7) is 9.74. The SMILES string of the molecule is Cc1cc(C(=O)O)sc1S(=O)(=O)N(C)CC1CC1.Cc1cc(NC(=O)OC(C)(C)C)sc1S(=O)(=O)N(C)CC1CC1. The molecule has 2 heterocycles. The van der Waals surface area contributed by atoms with Crippen molar-refractivity contribution in [2.75, 3.05) is 32.5 Å². The molecule has 2 aliphatic rings. The van der Waals surface area contributed by atoms with E-state index in [1.807, 2.05) is 0 Å². The van der Waals surface area contributed by atoms with E-state index in [1.54, 1.807) is 54.8 Å². The molecule has 2 aliphatic carbocycles. The van der Waals surface area contributed by atoms with E-state index in [4.69, 9.17) is 9.84 Å². The van der Waals surface area contributed by atoms with Crippen LogP contribution in [0, 0.1) is 25.7 Å². The molecule has 41 heavy (non-hydrogen) atoms. The van der Waals surface area contributed by atoms with Crippen molar-refractivity contribution in [1.29, 1.82) is 0 Å². The van der Waals surface area contributed by atoms with Gasteiger partial charge in [0.25, 0.3) is 20.0 Å². The highest BCUT2D eigenvalue weighted by molar-refractivity contribution is 7.91. The Bertz CT molecular complexity index is 1480. The predicted molar refractivity (Wildman–Crippen MR) is 160 cm³/mol. The molecule has 0 bridgehead atoms. The zero-order valence-electron chi connectivity index (χ0n) is 24.4. The van der Waals surface area contributed by atoms with Crippen molar-refractivity contribution in [3.8, 4) is 0 Å². The molecule has 0 spiro atoms. The number of anilines is 1. The lowest BCUT2D eigenvalue weighted by atomic mass is 10.2. The van der Waals surface area contributed by atoms with Crippen LogP contribution in [0.5, 0.6) is 0 Å². The van der Waals surface area contributed by atoms with Gasteiger partial charge < -0.3 is 9.84 Å². The number of hydrogen-bond donors (Lipinski definition) is 2. The number of nitrogens with one attached hydrogen (secondary N) is 1. The first-order valence-electron chi connectivity index (χ1n) is 13.2. The summed E-state index contributed by atoms with van der Waals surface area (Å²) in [6.07, 6.45) is 3.74. The van der Waals surface area contributed by atoms with Gasteiger partial charge in [0.15, 0.2) is 0 Å². The lowest BCUT2D eigenvalue weighted by molar-refractivity contribution is 0.0634. The molecule has 0 aromatic carbocycles. The summed E-state index contributed by atoms with van der Waals surface area (Å²) in [5.74, 6) is -0.146. The largest absolute Gasteiger partial charge is 0.477 e. The Hall–Kier alpha value is -2.04. The van der Waals surface area contributed by atoms with Crippen molar-refractivity contribution < 1.29 is 36.3 Å². The summed E-state index contributed by atoms with van der Waals surface area (Å²) in [5.41, 5.74) is 0.527. The number of carboxylic acids is 1. The second kappa shape index (κ2) is 12.7. The van der Waals surface area contributed by atoms with Crippen molar-refractivity contribution in [2.24, 2.45) is 11.8 Å². The fourth-order valence-corrected chi connectivity index (χ4v) is 9.81. The van der Waals surface area contributed by atoms with Crippen LogP contribution in [0.1, 0.15) is 67.3 Å². The van der Waals surface area contributed by atoms with Crippen LogP contribution in [0.4, 0.5) is 9.80 Å². The Labute approximate surface area is 250 Å². The molecule has 2 saturated carbocycles. The van der Waals surface area contributed by atoms with Gasteiger partial charge in [-0.15, -0.1) is 22.7 Å². The van der Waals surface area contributed by atoms with Gasteiger partial charge in [-0.1, -0.05) is 0 Å². The summed E-state index contributed by atoms with van der Waals surface area (Å²) in [7, 11) is -3.91. The van der Waals surface area contributed by atoms with Gasteiger partial charge in [-0.25, -0.2) is 26.4 Å². The fourth-order valence-electron chi connectivity index (χ4n) is 3.82. The van der Waals surface area contributed by atoms with E-state index in [0.29, 0.717) is 41.1 Å². The van der Waals surface area contributed by atoms with Crippen LogP contribution in [0.2, 0.25) is 0 Å². The van der Waals surface area contributed by atoms with Crippen molar-refractivity contribution in [1.82, 2.24) is 8.61 Å². The molecular formula is C26H39N3O8S4. The van der Waals surface area contributed by atoms with E-state index in [1.165, 1.54) is 14.7 Å². The molecule has 0 aliphatic heterocycles. The highest BCUT2D eigenvalue weighted by atomic mass is 32.3. The smallest absolute Gasteiger partial charge is 0.412 e. The first kappa shape index (κ1) is 33.5. The van der Waals surface area contributed by atoms with Crippen molar-refractivity contribution in [3.05, 3.63) is 28.1 Å². The predicted octanol–water partition coefficient (Wildman–Crippen LogP) is 5.22. The number of sulfonamides is 2. The van der Waals surface area contributed by atoms with Gasteiger partial charge in [0.2, 0.25) is 0 Å². The van der Waals surface area contributed by atoms with Crippen LogP contribution in [-0.2, 0) is 24.8 Å². The average molecular weight is 650 g/mol. The number of thiophene rings is 2. The molecule has 15 heteroatoms. The zero-order chi connectivity index (χ0) is 30.9. The zero-order valence-corrected chi connectivity index (χ0v) is 27.7. The first-order chi connectivity index (χ1) is 18.8. The van der Waals surface area contributed by atoms with Gasteiger partial charge >= 0.3 is 12.1 Å². The Kier molecular flexibility index (Phi) is 10.3. The van der Waals surface area contributed by atoms with E-state index in [2.05, 4.69) is 5.32 Å². The molecule has 2 fully saturated rings. The number of amides is 1. The monoisotopic (exact) mass is 649 g/mol. The summed E-state index contributed by atoms with van der Waals surface area (Å²) in [4.78, 5) is 22.7. The number of hydrogen-bond acceptors (Lipinski definition) is 9. The molecule has 230 valence electrons. The number of rotatable bonds is 10. The molecule has 11 nitrogen and oxygen atoms in total. The molecule has 4 rings (SSSR count). The minimum Gasteiger partial charge on any atom is -0.477 e. The second-order valence-electron chi connectivity index (χ2n) is 11.6. The third kappa shape index (κ3) is 9.22. The van der Waals surface area contributed by atoms with E-state index < -0.39 is 37.7 Å². The lowest BCUT2D eigenvalue weighted by Gasteiger charge is -2.19. The summed E-state index contributed by atoms with van der Waals surface area (Å²) in [6, 6.07) is 3.07. The molecular weight excluding hydrogens is 611 g/mol. The van der Waals surface area contributed by atoms with Gasteiger partial charge in [-0.2, -0.15) is 8.61 Å². The standard InChI is InChI=1S/C15H24N2O4S2.C11H15NO4S2/c1-10-8-12(16-14(18)21-15(2,3)4)22-13(10)23(19,20)17(5)9-11-6-7-11;1-7-5-9(10(13)14)17-11(7)18(15,16)12(2)6-8-3-4-8/h8,11H,6-7,9H2,1-5H3,(H,16,18);5,8H,3-4,6H2,1-2H3,(H,13,14). The summed E-state index contributed by atoms with van der Waals surface area (Å²) < 4.78 is 58.2. The highest BCUT2D eigenvalue weighted by Gasteiger charge is 2.33. The molecule has 2 aromatic rings. The van der Waals surface area contributed by atoms with Gasteiger partial charge in [0, 0.05) is 27.2 Å².